The zero-order chi connectivity index (χ0) is 15.6. The van der Waals surface area contributed by atoms with Gasteiger partial charge in [0.25, 0.3) is 0 Å². The molecule has 1 aromatic carbocycles. The summed E-state index contributed by atoms with van der Waals surface area (Å²) in [6.07, 6.45) is 2.90. The molecule has 1 aliphatic rings. The van der Waals surface area contributed by atoms with Crippen LogP contribution in [-0.4, -0.2) is 48.2 Å². The number of aryl methyl sites for hydroxylation is 1. The number of hydrogen-bond donors (Lipinski definition) is 1. The van der Waals surface area contributed by atoms with Gasteiger partial charge in [-0.2, -0.15) is 0 Å². The van der Waals surface area contributed by atoms with Crippen LogP contribution < -0.4 is 4.90 Å². The molecule has 0 aliphatic carbocycles. The Labute approximate surface area is 126 Å². The number of carboxylic acid groups (broad SMARTS) is 1. The second-order valence-electron chi connectivity index (χ2n) is 6.39. The number of carbonyl (C=O) groups is 1. The van der Waals surface area contributed by atoms with Crippen molar-refractivity contribution < 1.29 is 9.90 Å². The highest BCUT2D eigenvalue weighted by Crippen LogP contribution is 2.28. The van der Waals surface area contributed by atoms with Crippen molar-refractivity contribution in [2.75, 3.05) is 31.6 Å². The van der Waals surface area contributed by atoms with Gasteiger partial charge >= 0.3 is 5.97 Å². The number of piperazine rings is 1. The predicted molar refractivity (Wildman–Crippen MR) is 86.8 cm³/mol. The lowest BCUT2D eigenvalue weighted by Crippen LogP contribution is -2.57. The van der Waals surface area contributed by atoms with Gasteiger partial charge in [-0.15, -0.1) is 0 Å². The molecule has 1 saturated heterocycles. The monoisotopic (exact) mass is 288 g/mol. The van der Waals surface area contributed by atoms with Crippen LogP contribution in [0.4, 0.5) is 5.69 Å². The first-order valence-electron chi connectivity index (χ1n) is 7.27. The third-order valence-corrected chi connectivity index (χ3v) is 4.25. The standard InChI is InChI=1S/C17H24N2O2/c1-13-5-7-15(14(11-13)6-8-16(20)21)19-10-9-18(4)17(2,3)12-19/h5-8,11H,9-10,12H2,1-4H3,(H,20,21)/b8-6+. The largest absolute Gasteiger partial charge is 0.478 e. The van der Waals surface area contributed by atoms with Crippen molar-refractivity contribution in [1.82, 2.24) is 4.90 Å². The first kappa shape index (κ1) is 15.6. The van der Waals surface area contributed by atoms with E-state index in [4.69, 9.17) is 5.11 Å². The lowest BCUT2D eigenvalue weighted by molar-refractivity contribution is -0.131. The van der Waals surface area contributed by atoms with Crippen LogP contribution >= 0.6 is 0 Å². The summed E-state index contributed by atoms with van der Waals surface area (Å²) in [6, 6.07) is 6.22. The van der Waals surface area contributed by atoms with Crippen molar-refractivity contribution in [3.8, 4) is 0 Å². The average Bonchev–Trinajstić information content (AvgIpc) is 2.39. The van der Waals surface area contributed by atoms with Gasteiger partial charge in [0.1, 0.15) is 0 Å². The van der Waals surface area contributed by atoms with E-state index in [1.807, 2.05) is 13.0 Å². The Hall–Kier alpha value is -1.81. The van der Waals surface area contributed by atoms with E-state index in [-0.39, 0.29) is 5.54 Å². The summed E-state index contributed by atoms with van der Waals surface area (Å²) in [5.74, 6) is -0.916. The van der Waals surface area contributed by atoms with E-state index in [9.17, 15) is 4.79 Å². The Balaban J connectivity index is 2.33. The van der Waals surface area contributed by atoms with E-state index in [0.717, 1.165) is 36.4 Å². The number of rotatable bonds is 3. The van der Waals surface area contributed by atoms with E-state index in [1.54, 1.807) is 6.08 Å². The molecule has 0 unspecified atom stereocenters. The second kappa shape index (κ2) is 5.90. The van der Waals surface area contributed by atoms with Crippen molar-refractivity contribution in [1.29, 1.82) is 0 Å². The van der Waals surface area contributed by atoms with Crippen LogP contribution in [0.2, 0.25) is 0 Å². The fourth-order valence-corrected chi connectivity index (χ4v) is 2.70. The molecule has 4 nitrogen and oxygen atoms in total. The summed E-state index contributed by atoms with van der Waals surface area (Å²) in [7, 11) is 2.15. The van der Waals surface area contributed by atoms with Crippen LogP contribution in [0.3, 0.4) is 0 Å². The molecule has 114 valence electrons. The maximum atomic E-state index is 10.8. The molecule has 0 spiro atoms. The van der Waals surface area contributed by atoms with Gasteiger partial charge in [-0.1, -0.05) is 11.6 Å². The van der Waals surface area contributed by atoms with E-state index >= 15 is 0 Å². The zero-order valence-corrected chi connectivity index (χ0v) is 13.3. The Morgan fingerprint density at radius 2 is 2.05 bits per heavy atom. The van der Waals surface area contributed by atoms with E-state index in [2.05, 4.69) is 42.8 Å². The Morgan fingerprint density at radius 1 is 1.33 bits per heavy atom. The van der Waals surface area contributed by atoms with Crippen molar-refractivity contribution in [3.63, 3.8) is 0 Å². The number of hydrogen-bond acceptors (Lipinski definition) is 3. The fraction of sp³-hybridized carbons (Fsp3) is 0.471. The lowest BCUT2D eigenvalue weighted by Gasteiger charge is -2.46. The minimum atomic E-state index is -0.916. The summed E-state index contributed by atoms with van der Waals surface area (Å²) < 4.78 is 0. The first-order valence-corrected chi connectivity index (χ1v) is 7.27. The first-order chi connectivity index (χ1) is 9.79. The molecular weight excluding hydrogens is 264 g/mol. The molecule has 1 aromatic rings. The van der Waals surface area contributed by atoms with Crippen molar-refractivity contribution in [3.05, 3.63) is 35.4 Å². The highest BCUT2D eigenvalue weighted by Gasteiger charge is 2.31. The molecule has 0 saturated carbocycles. The number of benzene rings is 1. The van der Waals surface area contributed by atoms with E-state index in [0.29, 0.717) is 0 Å². The number of aliphatic carboxylic acids is 1. The minimum Gasteiger partial charge on any atom is -0.478 e. The third-order valence-electron chi connectivity index (χ3n) is 4.25. The number of nitrogens with zero attached hydrogens (tertiary/aromatic N) is 2. The maximum absolute atomic E-state index is 10.8. The fourth-order valence-electron chi connectivity index (χ4n) is 2.70. The van der Waals surface area contributed by atoms with Crippen molar-refractivity contribution >= 4 is 17.7 Å². The SMILES string of the molecule is Cc1ccc(N2CCN(C)C(C)(C)C2)c(/C=C/C(=O)O)c1. The third kappa shape index (κ3) is 3.64. The molecule has 1 N–H and O–H groups in total. The van der Waals surface area contributed by atoms with Crippen LogP contribution in [-0.2, 0) is 4.79 Å². The summed E-state index contributed by atoms with van der Waals surface area (Å²) in [5, 5.41) is 8.86. The van der Waals surface area contributed by atoms with Crippen LogP contribution in [0.1, 0.15) is 25.0 Å². The maximum Gasteiger partial charge on any atom is 0.328 e. The van der Waals surface area contributed by atoms with Gasteiger partial charge in [-0.05, 0) is 51.6 Å². The number of anilines is 1. The highest BCUT2D eigenvalue weighted by molar-refractivity contribution is 5.87. The second-order valence-corrected chi connectivity index (χ2v) is 6.39. The van der Waals surface area contributed by atoms with Crippen LogP contribution in [0.15, 0.2) is 24.3 Å². The summed E-state index contributed by atoms with van der Waals surface area (Å²) >= 11 is 0. The molecule has 21 heavy (non-hydrogen) atoms. The molecule has 0 amide bonds. The van der Waals surface area contributed by atoms with Gasteiger partial charge in [0.2, 0.25) is 0 Å². The van der Waals surface area contributed by atoms with Gasteiger partial charge in [0.05, 0.1) is 0 Å². The van der Waals surface area contributed by atoms with E-state index < -0.39 is 5.97 Å². The number of likely N-dealkylation sites (N-methyl/N-ethyl adjacent to an activating group) is 1. The predicted octanol–water partition coefficient (Wildman–Crippen LogP) is 2.62. The van der Waals surface area contributed by atoms with Gasteiger partial charge in [-0.25, -0.2) is 4.79 Å². The molecular formula is C17H24N2O2. The molecule has 0 bridgehead atoms. The number of carboxylic acids is 1. The molecule has 0 radical (unpaired) electrons. The molecule has 4 heteroatoms. The van der Waals surface area contributed by atoms with Crippen LogP contribution in [0.5, 0.6) is 0 Å². The highest BCUT2D eigenvalue weighted by atomic mass is 16.4. The summed E-state index contributed by atoms with van der Waals surface area (Å²) in [6.45, 7) is 9.39. The Bertz CT molecular complexity index is 564. The zero-order valence-electron chi connectivity index (χ0n) is 13.3. The molecule has 0 aromatic heterocycles. The Kier molecular flexibility index (Phi) is 4.37. The summed E-state index contributed by atoms with van der Waals surface area (Å²) in [4.78, 5) is 15.5. The van der Waals surface area contributed by atoms with Gasteiger partial charge < -0.3 is 10.0 Å². The topological polar surface area (TPSA) is 43.8 Å². The molecule has 1 heterocycles. The summed E-state index contributed by atoms with van der Waals surface area (Å²) in [5.41, 5.74) is 3.32. The smallest absolute Gasteiger partial charge is 0.328 e. The van der Waals surface area contributed by atoms with Gasteiger partial charge in [-0.3, -0.25) is 4.90 Å². The normalized spacial score (nSPS) is 19.1. The average molecular weight is 288 g/mol. The molecule has 1 fully saturated rings. The Morgan fingerprint density at radius 3 is 2.67 bits per heavy atom. The van der Waals surface area contributed by atoms with Crippen molar-refractivity contribution in [2.24, 2.45) is 0 Å². The molecule has 1 aliphatic heterocycles. The molecule has 0 atom stereocenters. The van der Waals surface area contributed by atoms with Crippen LogP contribution in [0, 0.1) is 6.92 Å². The quantitative estimate of drug-likeness (QED) is 0.868. The minimum absolute atomic E-state index is 0.108. The van der Waals surface area contributed by atoms with Gasteiger partial charge in [0.15, 0.2) is 0 Å². The van der Waals surface area contributed by atoms with E-state index in [1.165, 1.54) is 6.08 Å². The molecule has 2 rings (SSSR count). The van der Waals surface area contributed by atoms with Gasteiger partial charge in [0, 0.05) is 36.9 Å². The van der Waals surface area contributed by atoms with Crippen LogP contribution in [0.25, 0.3) is 6.08 Å². The van der Waals surface area contributed by atoms with Crippen molar-refractivity contribution in [2.45, 2.75) is 26.3 Å². The lowest BCUT2D eigenvalue weighted by atomic mass is 9.98.